The molecule has 0 spiro atoms. The number of hydrogen-bond donors (Lipinski definition) is 1. The summed E-state index contributed by atoms with van der Waals surface area (Å²) in [6.45, 7) is 0. The third-order valence-electron chi connectivity index (χ3n) is 2.02. The molecule has 0 aromatic heterocycles. The van der Waals surface area contributed by atoms with Crippen LogP contribution < -0.4 is 0 Å². The fraction of sp³-hybridized carbons (Fsp3) is 0.273. The molecule has 1 atom stereocenters. The number of benzene rings is 1. The summed E-state index contributed by atoms with van der Waals surface area (Å²) in [7, 11) is 0. The zero-order valence-corrected chi connectivity index (χ0v) is 8.70. The molecule has 0 aliphatic carbocycles. The third-order valence-corrected chi connectivity index (χ3v) is 2.39. The van der Waals surface area contributed by atoms with Crippen LogP contribution in [-0.2, 0) is 6.42 Å². The van der Waals surface area contributed by atoms with Gasteiger partial charge in [-0.25, -0.2) is 0 Å². The Kier molecular flexibility index (Phi) is 3.68. The van der Waals surface area contributed by atoms with Gasteiger partial charge in [-0.3, -0.25) is 0 Å². The number of hydrogen-bond acceptors (Lipinski definition) is 3. The first-order chi connectivity index (χ1) is 7.11. The van der Waals surface area contributed by atoms with Crippen LogP contribution in [0.15, 0.2) is 24.3 Å². The Bertz CT molecular complexity index is 433. The van der Waals surface area contributed by atoms with E-state index in [1.807, 2.05) is 0 Å². The lowest BCUT2D eigenvalue weighted by molar-refractivity contribution is 0.105. The highest BCUT2D eigenvalue weighted by Crippen LogP contribution is 2.22. The topological polar surface area (TPSA) is 67.8 Å². The molecule has 1 aromatic rings. The van der Waals surface area contributed by atoms with Crippen molar-refractivity contribution in [2.45, 2.75) is 18.4 Å². The van der Waals surface area contributed by atoms with Crippen LogP contribution >= 0.6 is 11.6 Å². The van der Waals surface area contributed by atoms with E-state index in [-0.39, 0.29) is 12.8 Å². The van der Waals surface area contributed by atoms with Gasteiger partial charge in [0.1, 0.15) is 0 Å². The van der Waals surface area contributed by atoms with Gasteiger partial charge in [0.25, 0.3) is 0 Å². The quantitative estimate of drug-likeness (QED) is 0.793. The summed E-state index contributed by atoms with van der Waals surface area (Å²) in [5, 5.41) is 27.5. The van der Waals surface area contributed by atoms with Crippen LogP contribution in [0.1, 0.15) is 12.0 Å². The molecule has 3 nitrogen and oxygen atoms in total. The third kappa shape index (κ3) is 2.95. The highest BCUT2D eigenvalue weighted by Gasteiger charge is 2.27. The Labute approximate surface area is 93.1 Å². The van der Waals surface area contributed by atoms with Crippen LogP contribution in [0.25, 0.3) is 0 Å². The van der Waals surface area contributed by atoms with Crippen molar-refractivity contribution in [1.82, 2.24) is 0 Å². The largest absolute Gasteiger partial charge is 0.374 e. The fourth-order valence-corrected chi connectivity index (χ4v) is 1.43. The molecule has 4 heteroatoms. The van der Waals surface area contributed by atoms with Gasteiger partial charge in [0, 0.05) is 11.4 Å². The monoisotopic (exact) mass is 220 g/mol. The molecule has 0 aliphatic heterocycles. The predicted molar refractivity (Wildman–Crippen MR) is 55.9 cm³/mol. The lowest BCUT2D eigenvalue weighted by Crippen LogP contribution is -2.28. The van der Waals surface area contributed by atoms with Crippen LogP contribution in [0.5, 0.6) is 0 Å². The molecule has 76 valence electrons. The molecule has 0 saturated carbocycles. The zero-order chi connectivity index (χ0) is 11.3. The van der Waals surface area contributed by atoms with E-state index in [0.29, 0.717) is 10.6 Å². The van der Waals surface area contributed by atoms with Crippen molar-refractivity contribution in [3.63, 3.8) is 0 Å². The molecule has 0 saturated heterocycles. The number of aliphatic hydroxyl groups is 1. The lowest BCUT2D eigenvalue weighted by atomic mass is 9.93. The van der Waals surface area contributed by atoms with E-state index in [9.17, 15) is 5.11 Å². The average Bonchev–Trinajstić information content (AvgIpc) is 2.22. The van der Waals surface area contributed by atoms with Crippen LogP contribution in [-0.4, -0.2) is 10.7 Å². The molecule has 1 rings (SSSR count). The van der Waals surface area contributed by atoms with E-state index in [0.717, 1.165) is 0 Å². The van der Waals surface area contributed by atoms with Crippen molar-refractivity contribution in [3.8, 4) is 12.1 Å². The molecule has 1 aromatic carbocycles. The van der Waals surface area contributed by atoms with Gasteiger partial charge in [-0.05, 0) is 11.6 Å². The second-order valence-corrected chi connectivity index (χ2v) is 3.65. The van der Waals surface area contributed by atoms with E-state index in [1.165, 1.54) is 0 Å². The summed E-state index contributed by atoms with van der Waals surface area (Å²) in [4.78, 5) is 0. The van der Waals surface area contributed by atoms with Gasteiger partial charge in [-0.2, -0.15) is 10.5 Å². The second kappa shape index (κ2) is 4.79. The summed E-state index contributed by atoms with van der Waals surface area (Å²) >= 11 is 5.88. The first-order valence-electron chi connectivity index (χ1n) is 4.35. The molecule has 0 bridgehead atoms. The van der Waals surface area contributed by atoms with Gasteiger partial charge in [0.15, 0.2) is 5.60 Å². The summed E-state index contributed by atoms with van der Waals surface area (Å²) in [5.41, 5.74) is -0.988. The average molecular weight is 221 g/mol. The van der Waals surface area contributed by atoms with Gasteiger partial charge in [0.05, 0.1) is 18.6 Å². The molecule has 0 fully saturated rings. The Morgan fingerprint density at radius 1 is 1.33 bits per heavy atom. The van der Waals surface area contributed by atoms with Crippen molar-refractivity contribution in [1.29, 1.82) is 10.5 Å². The highest BCUT2D eigenvalue weighted by atomic mass is 35.5. The van der Waals surface area contributed by atoms with Gasteiger partial charge < -0.3 is 5.11 Å². The minimum atomic E-state index is -1.65. The molecule has 0 amide bonds. The van der Waals surface area contributed by atoms with Crippen molar-refractivity contribution in [2.75, 3.05) is 0 Å². The Morgan fingerprint density at radius 2 is 2.00 bits per heavy atom. The van der Waals surface area contributed by atoms with Crippen molar-refractivity contribution in [2.24, 2.45) is 0 Å². The number of rotatable bonds is 3. The van der Waals surface area contributed by atoms with E-state index in [4.69, 9.17) is 22.1 Å². The number of nitrogens with zero attached hydrogens (tertiary/aromatic N) is 2. The van der Waals surface area contributed by atoms with Gasteiger partial charge in [-0.1, -0.05) is 29.8 Å². The summed E-state index contributed by atoms with van der Waals surface area (Å²) < 4.78 is 0. The molecule has 1 unspecified atom stereocenters. The Hall–Kier alpha value is -1.55. The van der Waals surface area contributed by atoms with Crippen molar-refractivity contribution < 1.29 is 5.11 Å². The predicted octanol–water partition coefficient (Wildman–Crippen LogP) is 2.05. The SMILES string of the molecule is N#CCC(O)(C#N)Cc1ccccc1Cl. The van der Waals surface area contributed by atoms with E-state index in [2.05, 4.69) is 0 Å². The molecule has 0 radical (unpaired) electrons. The number of nitriles is 2. The van der Waals surface area contributed by atoms with Crippen molar-refractivity contribution in [3.05, 3.63) is 34.9 Å². The highest BCUT2D eigenvalue weighted by molar-refractivity contribution is 6.31. The van der Waals surface area contributed by atoms with Gasteiger partial charge in [0.2, 0.25) is 0 Å². The van der Waals surface area contributed by atoms with Gasteiger partial charge >= 0.3 is 0 Å². The van der Waals surface area contributed by atoms with E-state index >= 15 is 0 Å². The number of halogens is 1. The summed E-state index contributed by atoms with van der Waals surface area (Å²) in [5.74, 6) is 0. The maximum Gasteiger partial charge on any atom is 0.167 e. The van der Waals surface area contributed by atoms with Crippen LogP contribution in [0.3, 0.4) is 0 Å². The Morgan fingerprint density at radius 3 is 2.53 bits per heavy atom. The maximum atomic E-state index is 9.76. The van der Waals surface area contributed by atoms with Gasteiger partial charge in [-0.15, -0.1) is 0 Å². The summed E-state index contributed by atoms with van der Waals surface area (Å²) in [6.07, 6.45) is -0.161. The van der Waals surface area contributed by atoms with Crippen LogP contribution in [0.2, 0.25) is 5.02 Å². The minimum absolute atomic E-state index is 0.0662. The molecule has 15 heavy (non-hydrogen) atoms. The maximum absolute atomic E-state index is 9.76. The first kappa shape index (κ1) is 11.5. The molecule has 1 N–H and O–H groups in total. The summed E-state index contributed by atoms with van der Waals surface area (Å²) in [6, 6.07) is 10.5. The fourth-order valence-electron chi connectivity index (χ4n) is 1.23. The molecular weight excluding hydrogens is 212 g/mol. The van der Waals surface area contributed by atoms with E-state index < -0.39 is 5.60 Å². The van der Waals surface area contributed by atoms with Crippen molar-refractivity contribution >= 4 is 11.6 Å². The van der Waals surface area contributed by atoms with Crippen LogP contribution in [0.4, 0.5) is 0 Å². The molecule has 0 heterocycles. The molecule has 0 aliphatic rings. The van der Waals surface area contributed by atoms with Crippen LogP contribution in [0, 0.1) is 22.7 Å². The normalized spacial score (nSPS) is 13.6. The minimum Gasteiger partial charge on any atom is -0.374 e. The zero-order valence-electron chi connectivity index (χ0n) is 7.94. The lowest BCUT2D eigenvalue weighted by Gasteiger charge is -2.17. The Balaban J connectivity index is 2.91. The first-order valence-corrected chi connectivity index (χ1v) is 4.73. The smallest absolute Gasteiger partial charge is 0.167 e. The standard InChI is InChI=1S/C11H9ClN2O/c12-10-4-2-1-3-9(10)7-11(15,8-14)5-6-13/h1-4,15H,5,7H2. The second-order valence-electron chi connectivity index (χ2n) is 3.25. The molecular formula is C11H9ClN2O. The van der Waals surface area contributed by atoms with E-state index in [1.54, 1.807) is 36.4 Å².